The summed E-state index contributed by atoms with van der Waals surface area (Å²) < 4.78 is 10.8. The summed E-state index contributed by atoms with van der Waals surface area (Å²) in [4.78, 5) is 0. The fourth-order valence-corrected chi connectivity index (χ4v) is 1.37. The highest BCUT2D eigenvalue weighted by Gasteiger charge is 2.06. The fraction of sp³-hybridized carbons (Fsp3) is 0.333. The quantitative estimate of drug-likeness (QED) is 0.791. The summed E-state index contributed by atoms with van der Waals surface area (Å²) in [5.41, 5.74) is 0.913. The largest absolute Gasteiger partial charge is 0.494 e. The highest BCUT2D eigenvalue weighted by Crippen LogP contribution is 2.21. The Bertz CT molecular complexity index is 448. The number of hydrogen-bond acceptors (Lipinski definition) is 4. The zero-order valence-corrected chi connectivity index (χ0v) is 9.43. The Morgan fingerprint density at radius 1 is 1.12 bits per heavy atom. The van der Waals surface area contributed by atoms with Crippen LogP contribution in [-0.2, 0) is 6.42 Å². The summed E-state index contributed by atoms with van der Waals surface area (Å²) >= 11 is 0. The highest BCUT2D eigenvalue weighted by atomic mass is 16.5. The monoisotopic (exact) mass is 218 g/mol. The average molecular weight is 218 g/mol. The van der Waals surface area contributed by atoms with E-state index in [1.807, 2.05) is 38.1 Å². The predicted octanol–water partition coefficient (Wildman–Crippen LogP) is 2.70. The van der Waals surface area contributed by atoms with Gasteiger partial charge in [0.15, 0.2) is 0 Å². The minimum Gasteiger partial charge on any atom is -0.494 e. The number of ether oxygens (including phenoxy) is 1. The first kappa shape index (κ1) is 10.7. The molecule has 0 N–H and O–H groups in total. The molecule has 84 valence electrons. The van der Waals surface area contributed by atoms with Gasteiger partial charge in [-0.15, -0.1) is 10.2 Å². The van der Waals surface area contributed by atoms with Crippen LogP contribution >= 0.6 is 0 Å². The van der Waals surface area contributed by atoms with Gasteiger partial charge in [0.1, 0.15) is 5.75 Å². The van der Waals surface area contributed by atoms with Crippen LogP contribution in [0, 0.1) is 0 Å². The van der Waals surface area contributed by atoms with Gasteiger partial charge in [0.2, 0.25) is 11.8 Å². The van der Waals surface area contributed by atoms with E-state index in [-0.39, 0.29) is 0 Å². The lowest BCUT2D eigenvalue weighted by atomic mass is 10.2. The Morgan fingerprint density at radius 3 is 2.44 bits per heavy atom. The molecule has 0 radical (unpaired) electrons. The van der Waals surface area contributed by atoms with Crippen LogP contribution in [0.4, 0.5) is 0 Å². The van der Waals surface area contributed by atoms with Crippen LogP contribution in [0.5, 0.6) is 5.75 Å². The first-order valence-corrected chi connectivity index (χ1v) is 5.39. The summed E-state index contributed by atoms with van der Waals surface area (Å²) in [6.07, 6.45) is 0.754. The van der Waals surface area contributed by atoms with Crippen molar-refractivity contribution in [2.75, 3.05) is 6.61 Å². The van der Waals surface area contributed by atoms with Gasteiger partial charge in [0.25, 0.3) is 0 Å². The molecule has 0 fully saturated rings. The van der Waals surface area contributed by atoms with E-state index in [1.165, 1.54) is 0 Å². The summed E-state index contributed by atoms with van der Waals surface area (Å²) in [7, 11) is 0. The van der Waals surface area contributed by atoms with Gasteiger partial charge < -0.3 is 9.15 Å². The van der Waals surface area contributed by atoms with E-state index >= 15 is 0 Å². The van der Waals surface area contributed by atoms with Gasteiger partial charge in [0.05, 0.1) is 6.61 Å². The van der Waals surface area contributed by atoms with Crippen LogP contribution in [0.2, 0.25) is 0 Å². The summed E-state index contributed by atoms with van der Waals surface area (Å²) in [6, 6.07) is 7.62. The van der Waals surface area contributed by atoms with Crippen LogP contribution in [0.3, 0.4) is 0 Å². The Kier molecular flexibility index (Phi) is 3.19. The number of rotatable bonds is 4. The molecule has 0 aliphatic rings. The highest BCUT2D eigenvalue weighted by molar-refractivity contribution is 5.53. The lowest BCUT2D eigenvalue weighted by Crippen LogP contribution is -1.90. The van der Waals surface area contributed by atoms with E-state index in [0.717, 1.165) is 17.7 Å². The number of aromatic nitrogens is 2. The summed E-state index contributed by atoms with van der Waals surface area (Å²) in [5, 5.41) is 7.90. The molecule has 1 aromatic heterocycles. The minimum absolute atomic E-state index is 0.555. The SMILES string of the molecule is CCOc1ccc(-c2nnc(CC)o2)cc1. The number of benzene rings is 1. The van der Waals surface area contributed by atoms with Gasteiger partial charge in [-0.1, -0.05) is 6.92 Å². The molecule has 0 aliphatic heterocycles. The van der Waals surface area contributed by atoms with Crippen molar-refractivity contribution in [3.63, 3.8) is 0 Å². The van der Waals surface area contributed by atoms with Crippen molar-refractivity contribution in [3.8, 4) is 17.2 Å². The fourth-order valence-electron chi connectivity index (χ4n) is 1.37. The molecule has 2 aromatic rings. The number of hydrogen-bond donors (Lipinski definition) is 0. The first-order chi connectivity index (χ1) is 7.83. The lowest BCUT2D eigenvalue weighted by molar-refractivity contribution is 0.340. The topological polar surface area (TPSA) is 48.2 Å². The normalized spacial score (nSPS) is 10.4. The van der Waals surface area contributed by atoms with Gasteiger partial charge in [0, 0.05) is 12.0 Å². The second-order valence-corrected chi connectivity index (χ2v) is 3.31. The Morgan fingerprint density at radius 2 is 1.88 bits per heavy atom. The van der Waals surface area contributed by atoms with Crippen molar-refractivity contribution in [2.45, 2.75) is 20.3 Å². The molecule has 1 heterocycles. The van der Waals surface area contributed by atoms with Crippen molar-refractivity contribution >= 4 is 0 Å². The maximum Gasteiger partial charge on any atom is 0.247 e. The number of aryl methyl sites for hydroxylation is 1. The molecule has 0 saturated heterocycles. The van der Waals surface area contributed by atoms with Gasteiger partial charge >= 0.3 is 0 Å². The van der Waals surface area contributed by atoms with Gasteiger partial charge in [-0.25, -0.2) is 0 Å². The van der Waals surface area contributed by atoms with Crippen LogP contribution in [-0.4, -0.2) is 16.8 Å². The Labute approximate surface area is 94.3 Å². The van der Waals surface area contributed by atoms with Crippen molar-refractivity contribution < 1.29 is 9.15 Å². The second kappa shape index (κ2) is 4.79. The molecular formula is C12H14N2O2. The van der Waals surface area contributed by atoms with Crippen molar-refractivity contribution in [1.29, 1.82) is 0 Å². The molecule has 0 spiro atoms. The summed E-state index contributed by atoms with van der Waals surface area (Å²) in [6.45, 7) is 4.61. The van der Waals surface area contributed by atoms with E-state index in [4.69, 9.17) is 9.15 Å². The van der Waals surface area contributed by atoms with Gasteiger partial charge in [-0.05, 0) is 31.2 Å². The molecule has 2 rings (SSSR count). The molecule has 0 aliphatic carbocycles. The molecule has 0 unspecified atom stereocenters. The van der Waals surface area contributed by atoms with E-state index in [2.05, 4.69) is 10.2 Å². The van der Waals surface area contributed by atoms with E-state index < -0.39 is 0 Å². The minimum atomic E-state index is 0.555. The van der Waals surface area contributed by atoms with Crippen LogP contribution in [0.25, 0.3) is 11.5 Å². The van der Waals surface area contributed by atoms with Crippen molar-refractivity contribution in [1.82, 2.24) is 10.2 Å². The molecule has 0 bridgehead atoms. The number of nitrogens with zero attached hydrogens (tertiary/aromatic N) is 2. The van der Waals surface area contributed by atoms with E-state index in [1.54, 1.807) is 0 Å². The van der Waals surface area contributed by atoms with Crippen LogP contribution in [0.1, 0.15) is 19.7 Å². The molecular weight excluding hydrogens is 204 g/mol. The smallest absolute Gasteiger partial charge is 0.247 e. The first-order valence-electron chi connectivity index (χ1n) is 5.39. The molecule has 0 amide bonds. The molecule has 16 heavy (non-hydrogen) atoms. The van der Waals surface area contributed by atoms with E-state index in [0.29, 0.717) is 18.4 Å². The average Bonchev–Trinajstić information content (AvgIpc) is 2.79. The van der Waals surface area contributed by atoms with Crippen LogP contribution < -0.4 is 4.74 Å². The van der Waals surface area contributed by atoms with Crippen LogP contribution in [0.15, 0.2) is 28.7 Å². The summed E-state index contributed by atoms with van der Waals surface area (Å²) in [5.74, 6) is 2.06. The zero-order chi connectivity index (χ0) is 11.4. The predicted molar refractivity (Wildman–Crippen MR) is 60.3 cm³/mol. The Hall–Kier alpha value is -1.84. The maximum absolute atomic E-state index is 5.46. The maximum atomic E-state index is 5.46. The molecule has 4 nitrogen and oxygen atoms in total. The molecule has 1 aromatic carbocycles. The van der Waals surface area contributed by atoms with Gasteiger partial charge in [-0.2, -0.15) is 0 Å². The zero-order valence-electron chi connectivity index (χ0n) is 9.43. The second-order valence-electron chi connectivity index (χ2n) is 3.31. The molecule has 0 atom stereocenters. The standard InChI is InChI=1S/C12H14N2O2/c1-3-11-13-14-12(16-11)9-5-7-10(8-6-9)15-4-2/h5-8H,3-4H2,1-2H3. The third-order valence-electron chi connectivity index (χ3n) is 2.18. The third-order valence-corrected chi connectivity index (χ3v) is 2.18. The lowest BCUT2D eigenvalue weighted by Gasteiger charge is -2.02. The molecule has 4 heteroatoms. The Balaban J connectivity index is 2.20. The van der Waals surface area contributed by atoms with E-state index in [9.17, 15) is 0 Å². The molecule has 0 saturated carbocycles. The van der Waals surface area contributed by atoms with Crippen molar-refractivity contribution in [2.24, 2.45) is 0 Å². The van der Waals surface area contributed by atoms with Crippen molar-refractivity contribution in [3.05, 3.63) is 30.2 Å². The third kappa shape index (κ3) is 2.21. The van der Waals surface area contributed by atoms with Gasteiger partial charge in [-0.3, -0.25) is 0 Å².